The third-order valence-electron chi connectivity index (χ3n) is 4.26. The molecule has 0 unspecified atom stereocenters. The molecule has 0 aromatic heterocycles. The Morgan fingerprint density at radius 2 is 1.75 bits per heavy atom. The molecule has 4 heteroatoms. The highest BCUT2D eigenvalue weighted by Gasteiger charge is 2.10. The molecule has 0 aliphatic heterocycles. The number of hydrogen-bond donors (Lipinski definition) is 0. The summed E-state index contributed by atoms with van der Waals surface area (Å²) in [5.41, 5.74) is 5.57. The summed E-state index contributed by atoms with van der Waals surface area (Å²) in [7, 11) is 4.10. The molecule has 2 aromatic rings. The van der Waals surface area contributed by atoms with Crippen molar-refractivity contribution >= 4 is 35.0 Å². The number of halogens is 1. The second-order valence-electron chi connectivity index (χ2n) is 6.47. The van der Waals surface area contributed by atoms with Gasteiger partial charge in [-0.3, -0.25) is 0 Å². The molecular weight excluding hydrogens is 318 g/mol. The van der Waals surface area contributed by atoms with E-state index in [2.05, 4.69) is 67.7 Å². The topological polar surface area (TPSA) is 18.8 Å². The molecule has 2 aromatic carbocycles. The minimum Gasteiger partial charge on any atom is -0.363 e. The minimum absolute atomic E-state index is 0.434. The van der Waals surface area contributed by atoms with Crippen LogP contribution in [0.4, 0.5) is 17.1 Å². The summed E-state index contributed by atoms with van der Waals surface area (Å²) in [6.07, 6.45) is 1.90. The van der Waals surface area contributed by atoms with Gasteiger partial charge in [0.05, 0.1) is 12.0 Å². The lowest BCUT2D eigenvalue weighted by Gasteiger charge is -2.23. The number of anilines is 2. The van der Waals surface area contributed by atoms with E-state index >= 15 is 0 Å². The summed E-state index contributed by atoms with van der Waals surface area (Å²) in [4.78, 5) is 8.89. The zero-order valence-electron chi connectivity index (χ0n) is 15.3. The molecule has 128 valence electrons. The summed E-state index contributed by atoms with van der Waals surface area (Å²) >= 11 is 6.12. The van der Waals surface area contributed by atoms with Gasteiger partial charge < -0.3 is 9.80 Å². The van der Waals surface area contributed by atoms with Gasteiger partial charge in [-0.05, 0) is 69.2 Å². The van der Waals surface area contributed by atoms with E-state index in [4.69, 9.17) is 11.6 Å². The van der Waals surface area contributed by atoms with E-state index in [0.717, 1.165) is 27.6 Å². The fourth-order valence-electron chi connectivity index (χ4n) is 2.40. The van der Waals surface area contributed by atoms with Crippen LogP contribution in [0.3, 0.4) is 0 Å². The third-order valence-corrected chi connectivity index (χ3v) is 4.50. The van der Waals surface area contributed by atoms with Gasteiger partial charge in [-0.15, -0.1) is 0 Å². The maximum absolute atomic E-state index is 6.12. The number of aliphatic imine (C=N–C) groups is 1. The Morgan fingerprint density at radius 1 is 1.04 bits per heavy atom. The molecule has 0 spiro atoms. The number of aryl methyl sites for hydroxylation is 2. The first-order chi connectivity index (χ1) is 11.3. The van der Waals surface area contributed by atoms with Gasteiger partial charge in [0.25, 0.3) is 0 Å². The van der Waals surface area contributed by atoms with Gasteiger partial charge in [-0.2, -0.15) is 0 Å². The summed E-state index contributed by atoms with van der Waals surface area (Å²) in [5.74, 6) is 0. The molecule has 0 radical (unpaired) electrons. The molecule has 0 amide bonds. The van der Waals surface area contributed by atoms with Gasteiger partial charge in [0.2, 0.25) is 0 Å². The quantitative estimate of drug-likeness (QED) is 0.510. The highest BCUT2D eigenvalue weighted by atomic mass is 35.5. The molecule has 0 N–H and O–H groups in total. The Balaban J connectivity index is 2.32. The van der Waals surface area contributed by atoms with Crippen molar-refractivity contribution in [3.63, 3.8) is 0 Å². The van der Waals surface area contributed by atoms with E-state index in [0.29, 0.717) is 6.04 Å². The molecule has 24 heavy (non-hydrogen) atoms. The van der Waals surface area contributed by atoms with Crippen molar-refractivity contribution in [2.45, 2.75) is 33.7 Å². The van der Waals surface area contributed by atoms with Crippen LogP contribution in [0, 0.1) is 13.8 Å². The van der Waals surface area contributed by atoms with Crippen LogP contribution in [0.5, 0.6) is 0 Å². The highest BCUT2D eigenvalue weighted by Crippen LogP contribution is 2.33. The Kier molecular flexibility index (Phi) is 5.89. The predicted molar refractivity (Wildman–Crippen MR) is 106 cm³/mol. The van der Waals surface area contributed by atoms with Crippen molar-refractivity contribution in [3.05, 3.63) is 52.5 Å². The number of nitrogens with zero attached hydrogens (tertiary/aromatic N) is 3. The van der Waals surface area contributed by atoms with Crippen molar-refractivity contribution < 1.29 is 0 Å². The number of rotatable bonds is 5. The van der Waals surface area contributed by atoms with E-state index in [1.165, 1.54) is 5.56 Å². The van der Waals surface area contributed by atoms with Crippen LogP contribution in [0.25, 0.3) is 0 Å². The molecule has 2 rings (SSSR count). The molecule has 0 heterocycles. The molecule has 3 nitrogen and oxygen atoms in total. The smallest absolute Gasteiger partial charge is 0.0912 e. The summed E-state index contributed by atoms with van der Waals surface area (Å²) in [6, 6.07) is 12.6. The van der Waals surface area contributed by atoms with Crippen LogP contribution in [0.2, 0.25) is 5.02 Å². The predicted octanol–water partition coefficient (Wildman–Crippen LogP) is 5.72. The summed E-state index contributed by atoms with van der Waals surface area (Å²) in [6.45, 7) is 8.50. The lowest BCUT2D eigenvalue weighted by molar-refractivity contribution is 0.429. The average Bonchev–Trinajstić information content (AvgIpc) is 2.54. The van der Waals surface area contributed by atoms with E-state index in [9.17, 15) is 0 Å². The van der Waals surface area contributed by atoms with Crippen LogP contribution in [0.1, 0.15) is 25.0 Å². The number of hydrogen-bond acceptors (Lipinski definition) is 2. The van der Waals surface area contributed by atoms with Gasteiger partial charge in [0.15, 0.2) is 0 Å². The Morgan fingerprint density at radius 3 is 2.38 bits per heavy atom. The van der Waals surface area contributed by atoms with E-state index in [1.54, 1.807) is 0 Å². The molecule has 0 aliphatic rings. The SMILES string of the molecule is Cc1cc(N(C)c2cccc(Cl)c2)c(C)cc1/N=C\N(C)C(C)C. The van der Waals surface area contributed by atoms with Crippen LogP contribution in [0.15, 0.2) is 41.4 Å². The fraction of sp³-hybridized carbons (Fsp3) is 0.350. The minimum atomic E-state index is 0.434. The number of benzene rings is 2. The first-order valence-corrected chi connectivity index (χ1v) is 8.54. The van der Waals surface area contributed by atoms with Crippen LogP contribution < -0.4 is 4.90 Å². The van der Waals surface area contributed by atoms with Crippen LogP contribution in [-0.2, 0) is 0 Å². The second-order valence-corrected chi connectivity index (χ2v) is 6.90. The van der Waals surface area contributed by atoms with Gasteiger partial charge >= 0.3 is 0 Å². The average molecular weight is 344 g/mol. The van der Waals surface area contributed by atoms with Gasteiger partial charge in [-0.25, -0.2) is 4.99 Å². The first-order valence-electron chi connectivity index (χ1n) is 8.16. The molecule has 0 saturated heterocycles. The van der Waals surface area contributed by atoms with E-state index in [1.807, 2.05) is 31.6 Å². The Labute approximate surface area is 150 Å². The zero-order valence-corrected chi connectivity index (χ0v) is 16.1. The highest BCUT2D eigenvalue weighted by molar-refractivity contribution is 6.30. The monoisotopic (exact) mass is 343 g/mol. The molecule has 0 aliphatic carbocycles. The second kappa shape index (κ2) is 7.71. The normalized spacial score (nSPS) is 11.3. The summed E-state index contributed by atoms with van der Waals surface area (Å²) in [5, 5.41) is 0.742. The maximum atomic E-state index is 6.12. The lowest BCUT2D eigenvalue weighted by atomic mass is 10.1. The molecule has 0 bridgehead atoms. The Hall–Kier alpha value is -2.00. The van der Waals surface area contributed by atoms with Crippen molar-refractivity contribution in [2.75, 3.05) is 19.0 Å². The standard InChI is InChI=1S/C20H26ClN3/c1-14(2)23(5)13-22-19-10-16(4)20(11-15(19)3)24(6)18-9-7-8-17(21)12-18/h7-14H,1-6H3/b22-13-. The van der Waals surface area contributed by atoms with E-state index in [-0.39, 0.29) is 0 Å². The largest absolute Gasteiger partial charge is 0.363 e. The van der Waals surface area contributed by atoms with Crippen molar-refractivity contribution in [3.8, 4) is 0 Å². The lowest BCUT2D eigenvalue weighted by Crippen LogP contribution is -2.24. The fourth-order valence-corrected chi connectivity index (χ4v) is 2.58. The van der Waals surface area contributed by atoms with Gasteiger partial charge in [-0.1, -0.05) is 17.7 Å². The summed E-state index contributed by atoms with van der Waals surface area (Å²) < 4.78 is 0. The van der Waals surface area contributed by atoms with Crippen molar-refractivity contribution in [1.29, 1.82) is 0 Å². The molecule has 0 saturated carbocycles. The van der Waals surface area contributed by atoms with E-state index < -0.39 is 0 Å². The first kappa shape index (κ1) is 18.3. The van der Waals surface area contributed by atoms with Crippen LogP contribution in [-0.4, -0.2) is 31.4 Å². The third kappa shape index (κ3) is 4.30. The molecule has 0 atom stereocenters. The van der Waals surface area contributed by atoms with Crippen molar-refractivity contribution in [1.82, 2.24) is 4.90 Å². The Bertz CT molecular complexity index is 738. The zero-order chi connectivity index (χ0) is 17.9. The van der Waals surface area contributed by atoms with Crippen LogP contribution >= 0.6 is 11.6 Å². The van der Waals surface area contributed by atoms with Gasteiger partial charge in [0.1, 0.15) is 0 Å². The molecule has 0 fully saturated rings. The molecular formula is C20H26ClN3. The van der Waals surface area contributed by atoms with Crippen molar-refractivity contribution in [2.24, 2.45) is 4.99 Å². The van der Waals surface area contributed by atoms with Gasteiger partial charge in [0, 0.05) is 36.5 Å². The maximum Gasteiger partial charge on any atom is 0.0912 e.